The smallest absolute Gasteiger partial charge is 0.328 e. The number of rotatable bonds is 7. The minimum Gasteiger partial charge on any atom is -0.488 e. The molecule has 0 amide bonds. The number of halogens is 1. The molecule has 19 heavy (non-hydrogen) atoms. The molecular weight excluding hydrogens is 268 g/mol. The van der Waals surface area contributed by atoms with E-state index < -0.39 is 5.97 Å². The van der Waals surface area contributed by atoms with Crippen molar-refractivity contribution in [3.63, 3.8) is 0 Å². The number of hydrogen-bond donors (Lipinski definition) is 1. The van der Waals surface area contributed by atoms with E-state index in [0.29, 0.717) is 22.9 Å². The normalized spacial score (nSPS) is 12.6. The number of ether oxygens (including phenoxy) is 2. The molecule has 0 spiro atoms. The van der Waals surface area contributed by atoms with Crippen molar-refractivity contribution in [2.45, 2.75) is 19.4 Å². The van der Waals surface area contributed by atoms with Gasteiger partial charge in [0.05, 0.1) is 11.1 Å². The minimum atomic E-state index is -1.02. The maximum atomic E-state index is 10.6. The number of aliphatic carboxylic acids is 1. The van der Waals surface area contributed by atoms with Crippen LogP contribution in [0.15, 0.2) is 24.3 Å². The van der Waals surface area contributed by atoms with Crippen LogP contribution in [-0.4, -0.2) is 30.9 Å². The summed E-state index contributed by atoms with van der Waals surface area (Å²) in [5.41, 5.74) is 0.638. The second-order valence-corrected chi connectivity index (χ2v) is 4.45. The van der Waals surface area contributed by atoms with E-state index >= 15 is 0 Å². The van der Waals surface area contributed by atoms with Crippen LogP contribution in [0.1, 0.15) is 18.9 Å². The average molecular weight is 285 g/mol. The van der Waals surface area contributed by atoms with Crippen molar-refractivity contribution < 1.29 is 19.4 Å². The summed E-state index contributed by atoms with van der Waals surface area (Å²) >= 11 is 6.09. The van der Waals surface area contributed by atoms with Gasteiger partial charge in [-0.1, -0.05) is 23.7 Å². The Labute approximate surface area is 117 Å². The molecule has 1 N–H and O–H groups in total. The number of methoxy groups -OCH3 is 1. The van der Waals surface area contributed by atoms with E-state index in [4.69, 9.17) is 26.2 Å². The molecule has 5 heteroatoms. The van der Waals surface area contributed by atoms with Gasteiger partial charge >= 0.3 is 5.97 Å². The molecule has 0 aromatic heterocycles. The van der Waals surface area contributed by atoms with Gasteiger partial charge in [-0.05, 0) is 19.1 Å². The summed E-state index contributed by atoms with van der Waals surface area (Å²) in [5.74, 6) is -0.524. The molecule has 1 rings (SSSR count). The lowest BCUT2D eigenvalue weighted by molar-refractivity contribution is -0.131. The highest BCUT2D eigenvalue weighted by Crippen LogP contribution is 2.30. The fraction of sp³-hybridized carbons (Fsp3) is 0.357. The highest BCUT2D eigenvalue weighted by molar-refractivity contribution is 6.32. The lowest BCUT2D eigenvalue weighted by atomic mass is 10.1. The van der Waals surface area contributed by atoms with E-state index in [1.54, 1.807) is 25.3 Å². The molecule has 0 radical (unpaired) electrons. The van der Waals surface area contributed by atoms with Gasteiger partial charge in [-0.15, -0.1) is 0 Å². The summed E-state index contributed by atoms with van der Waals surface area (Å²) in [6, 6.07) is 5.21. The summed E-state index contributed by atoms with van der Waals surface area (Å²) in [4.78, 5) is 10.6. The van der Waals surface area contributed by atoms with Crippen molar-refractivity contribution in [1.29, 1.82) is 0 Å². The van der Waals surface area contributed by atoms with E-state index in [1.165, 1.54) is 6.08 Å². The molecule has 1 aromatic carbocycles. The van der Waals surface area contributed by atoms with Crippen molar-refractivity contribution in [3.8, 4) is 5.75 Å². The molecule has 0 aliphatic rings. The zero-order chi connectivity index (χ0) is 14.3. The van der Waals surface area contributed by atoms with Gasteiger partial charge in [0, 0.05) is 31.8 Å². The second-order valence-electron chi connectivity index (χ2n) is 4.04. The topological polar surface area (TPSA) is 55.8 Å². The lowest BCUT2D eigenvalue weighted by Gasteiger charge is -2.17. The monoisotopic (exact) mass is 284 g/mol. The maximum Gasteiger partial charge on any atom is 0.328 e. The van der Waals surface area contributed by atoms with Crippen molar-refractivity contribution in [2.24, 2.45) is 0 Å². The third-order valence-electron chi connectivity index (χ3n) is 2.45. The second kappa shape index (κ2) is 7.81. The Morgan fingerprint density at radius 1 is 1.53 bits per heavy atom. The third kappa shape index (κ3) is 5.32. The van der Waals surface area contributed by atoms with Gasteiger partial charge in [-0.2, -0.15) is 0 Å². The van der Waals surface area contributed by atoms with Crippen LogP contribution in [0.5, 0.6) is 5.75 Å². The fourth-order valence-corrected chi connectivity index (χ4v) is 1.71. The Balaban J connectivity index is 2.88. The number of para-hydroxylation sites is 1. The SMILES string of the molecule is COCCC(C)Oc1c(Cl)cccc1/C=C/C(=O)O. The van der Waals surface area contributed by atoms with Gasteiger partial charge in [-0.3, -0.25) is 0 Å². The van der Waals surface area contributed by atoms with Gasteiger partial charge in [0.15, 0.2) is 0 Å². The van der Waals surface area contributed by atoms with Crippen LogP contribution in [0.25, 0.3) is 6.08 Å². The van der Waals surface area contributed by atoms with E-state index in [2.05, 4.69) is 0 Å². The number of hydrogen-bond acceptors (Lipinski definition) is 3. The lowest BCUT2D eigenvalue weighted by Crippen LogP contribution is -2.15. The van der Waals surface area contributed by atoms with Gasteiger partial charge < -0.3 is 14.6 Å². The van der Waals surface area contributed by atoms with E-state index in [0.717, 1.165) is 12.5 Å². The number of carboxylic acid groups (broad SMARTS) is 1. The summed E-state index contributed by atoms with van der Waals surface area (Å²) in [7, 11) is 1.63. The summed E-state index contributed by atoms with van der Waals surface area (Å²) < 4.78 is 10.7. The number of benzene rings is 1. The number of carboxylic acids is 1. The molecule has 0 saturated carbocycles. The zero-order valence-electron chi connectivity index (χ0n) is 10.9. The molecule has 0 saturated heterocycles. The summed E-state index contributed by atoms with van der Waals surface area (Å²) in [5, 5.41) is 9.11. The molecule has 1 atom stereocenters. The first-order chi connectivity index (χ1) is 9.04. The van der Waals surface area contributed by atoms with Crippen molar-refractivity contribution in [3.05, 3.63) is 34.9 Å². The summed E-state index contributed by atoms with van der Waals surface area (Å²) in [6.07, 6.45) is 3.17. The largest absolute Gasteiger partial charge is 0.488 e. The van der Waals surface area contributed by atoms with Crippen molar-refractivity contribution >= 4 is 23.6 Å². The molecule has 0 aliphatic heterocycles. The molecule has 104 valence electrons. The van der Waals surface area contributed by atoms with Crippen LogP contribution < -0.4 is 4.74 Å². The van der Waals surface area contributed by atoms with E-state index in [9.17, 15) is 4.79 Å². The molecule has 0 aliphatic carbocycles. The predicted octanol–water partition coefficient (Wildman–Crippen LogP) is 3.24. The van der Waals surface area contributed by atoms with Gasteiger partial charge in [0.1, 0.15) is 5.75 Å². The van der Waals surface area contributed by atoms with Crippen molar-refractivity contribution in [2.75, 3.05) is 13.7 Å². The Morgan fingerprint density at radius 2 is 2.26 bits per heavy atom. The van der Waals surface area contributed by atoms with E-state index in [-0.39, 0.29) is 6.10 Å². The first kappa shape index (κ1) is 15.5. The standard InChI is InChI=1S/C14H17ClO4/c1-10(8-9-18-2)19-14-11(6-7-13(16)17)4-3-5-12(14)15/h3-7,10H,8-9H2,1-2H3,(H,16,17)/b7-6+. The minimum absolute atomic E-state index is 0.0724. The molecule has 0 fully saturated rings. The van der Waals surface area contributed by atoms with Crippen LogP contribution in [0.2, 0.25) is 5.02 Å². The van der Waals surface area contributed by atoms with Crippen LogP contribution in [0, 0.1) is 0 Å². The van der Waals surface area contributed by atoms with Gasteiger partial charge in [0.25, 0.3) is 0 Å². The Bertz CT molecular complexity index is 457. The van der Waals surface area contributed by atoms with Crippen LogP contribution >= 0.6 is 11.6 Å². The Morgan fingerprint density at radius 3 is 2.89 bits per heavy atom. The fourth-order valence-electron chi connectivity index (χ4n) is 1.49. The summed E-state index contributed by atoms with van der Waals surface area (Å²) in [6.45, 7) is 2.50. The number of carbonyl (C=O) groups is 1. The van der Waals surface area contributed by atoms with Crippen LogP contribution in [-0.2, 0) is 9.53 Å². The zero-order valence-corrected chi connectivity index (χ0v) is 11.7. The molecule has 0 bridgehead atoms. The van der Waals surface area contributed by atoms with E-state index in [1.807, 2.05) is 6.92 Å². The maximum absolute atomic E-state index is 10.6. The molecule has 1 aromatic rings. The quantitative estimate of drug-likeness (QED) is 0.781. The van der Waals surface area contributed by atoms with Crippen molar-refractivity contribution in [1.82, 2.24) is 0 Å². The first-order valence-electron chi connectivity index (χ1n) is 5.89. The molecule has 4 nitrogen and oxygen atoms in total. The van der Waals surface area contributed by atoms with Gasteiger partial charge in [0.2, 0.25) is 0 Å². The van der Waals surface area contributed by atoms with Crippen LogP contribution in [0.4, 0.5) is 0 Å². The first-order valence-corrected chi connectivity index (χ1v) is 6.27. The molecular formula is C14H17ClO4. The Kier molecular flexibility index (Phi) is 6.39. The third-order valence-corrected chi connectivity index (χ3v) is 2.75. The predicted molar refractivity (Wildman–Crippen MR) is 74.7 cm³/mol. The Hall–Kier alpha value is -1.52. The average Bonchev–Trinajstić information content (AvgIpc) is 2.37. The van der Waals surface area contributed by atoms with Gasteiger partial charge in [-0.25, -0.2) is 4.79 Å². The highest BCUT2D eigenvalue weighted by Gasteiger charge is 2.11. The van der Waals surface area contributed by atoms with Crippen LogP contribution in [0.3, 0.4) is 0 Å². The highest BCUT2D eigenvalue weighted by atomic mass is 35.5. The molecule has 0 heterocycles. The molecule has 1 unspecified atom stereocenters.